The minimum atomic E-state index is -1.81. The highest BCUT2D eigenvalue weighted by Crippen LogP contribution is 2.37. The zero-order chi connectivity index (χ0) is 23.6. The molecule has 0 radical (unpaired) electrons. The van der Waals surface area contributed by atoms with Gasteiger partial charge in [-0.1, -0.05) is 39.0 Å². The number of benzene rings is 2. The molecule has 32 heavy (non-hydrogen) atoms. The van der Waals surface area contributed by atoms with Crippen LogP contribution < -0.4 is 14.5 Å². The summed E-state index contributed by atoms with van der Waals surface area (Å²) in [4.78, 5) is 0. The second-order valence-electron chi connectivity index (χ2n) is 10.6. The number of fused-ring (bicyclic) bond motifs is 1. The highest BCUT2D eigenvalue weighted by molar-refractivity contribution is 6.74. The van der Waals surface area contributed by atoms with Gasteiger partial charge in [0, 0.05) is 26.0 Å². The van der Waals surface area contributed by atoms with Gasteiger partial charge in [0.15, 0.2) is 0 Å². The fourth-order valence-electron chi connectivity index (χ4n) is 3.33. The van der Waals surface area contributed by atoms with Gasteiger partial charge in [-0.2, -0.15) is 0 Å². The molecule has 0 aliphatic carbocycles. The molecule has 176 valence electrons. The van der Waals surface area contributed by atoms with Crippen LogP contribution >= 0.6 is 0 Å². The number of rotatable bonds is 8. The molecule has 1 atom stereocenters. The standard InChI is InChI=1S/C26H39NO4Si/c1-25(2,3)32(6,7)31-22-11-8-19(9-12-22)14-15-27-17-23(28)20-10-13-24-21(16-20)18-29-26(4,5)30-24/h8-13,16,23,27-28H,14-15,17-18H2,1-7H3/t23-/m0/s1. The van der Waals surface area contributed by atoms with Crippen molar-refractivity contribution in [2.24, 2.45) is 0 Å². The lowest BCUT2D eigenvalue weighted by atomic mass is 10.0. The van der Waals surface area contributed by atoms with Crippen molar-refractivity contribution in [1.82, 2.24) is 5.32 Å². The third kappa shape index (κ3) is 6.35. The number of hydrogen-bond acceptors (Lipinski definition) is 5. The van der Waals surface area contributed by atoms with E-state index in [-0.39, 0.29) is 5.04 Å². The topological polar surface area (TPSA) is 60.0 Å². The molecule has 3 rings (SSSR count). The van der Waals surface area contributed by atoms with E-state index < -0.39 is 20.2 Å². The third-order valence-electron chi connectivity index (χ3n) is 6.43. The first-order chi connectivity index (χ1) is 14.9. The summed E-state index contributed by atoms with van der Waals surface area (Å²) >= 11 is 0. The number of aliphatic hydroxyl groups is 1. The Hall–Kier alpha value is -1.86. The van der Waals surface area contributed by atoms with Crippen LogP contribution in [0.2, 0.25) is 18.1 Å². The molecule has 0 saturated carbocycles. The van der Waals surface area contributed by atoms with E-state index in [2.05, 4.69) is 63.4 Å². The van der Waals surface area contributed by atoms with Gasteiger partial charge in [0.1, 0.15) is 11.5 Å². The monoisotopic (exact) mass is 457 g/mol. The SMILES string of the molecule is CC1(C)OCc2cc([C@@H](O)CNCCc3ccc(O[Si](C)(C)C(C)(C)C)cc3)ccc2O1. The van der Waals surface area contributed by atoms with E-state index in [1.54, 1.807) is 0 Å². The molecular weight excluding hydrogens is 418 g/mol. The summed E-state index contributed by atoms with van der Waals surface area (Å²) in [6, 6.07) is 14.2. The van der Waals surface area contributed by atoms with Crippen molar-refractivity contribution >= 4 is 8.32 Å². The molecule has 1 heterocycles. The van der Waals surface area contributed by atoms with E-state index in [9.17, 15) is 5.11 Å². The van der Waals surface area contributed by atoms with Crippen LogP contribution in [0.5, 0.6) is 11.5 Å². The van der Waals surface area contributed by atoms with E-state index in [4.69, 9.17) is 13.9 Å². The highest BCUT2D eigenvalue weighted by atomic mass is 28.4. The van der Waals surface area contributed by atoms with E-state index in [0.717, 1.165) is 35.6 Å². The van der Waals surface area contributed by atoms with Crippen molar-refractivity contribution < 1.29 is 19.0 Å². The summed E-state index contributed by atoms with van der Waals surface area (Å²) in [7, 11) is -1.81. The summed E-state index contributed by atoms with van der Waals surface area (Å²) in [5.41, 5.74) is 3.09. The quantitative estimate of drug-likeness (QED) is 0.400. The summed E-state index contributed by atoms with van der Waals surface area (Å²) < 4.78 is 17.9. The lowest BCUT2D eigenvalue weighted by Crippen LogP contribution is -2.43. The fourth-order valence-corrected chi connectivity index (χ4v) is 4.36. The molecule has 1 aliphatic rings. The Labute approximate surface area is 194 Å². The first kappa shape index (κ1) is 24.8. The zero-order valence-electron chi connectivity index (χ0n) is 20.6. The molecular formula is C26H39NO4Si. The van der Waals surface area contributed by atoms with Crippen LogP contribution in [-0.4, -0.2) is 32.3 Å². The summed E-state index contributed by atoms with van der Waals surface area (Å²) in [5.74, 6) is 1.17. The Morgan fingerprint density at radius 2 is 1.81 bits per heavy atom. The molecule has 1 aliphatic heterocycles. The molecule has 6 heteroatoms. The average molecular weight is 458 g/mol. The Bertz CT molecular complexity index is 903. The van der Waals surface area contributed by atoms with Crippen LogP contribution in [0, 0.1) is 0 Å². The van der Waals surface area contributed by atoms with Gasteiger partial charge in [-0.25, -0.2) is 0 Å². The largest absolute Gasteiger partial charge is 0.544 e. The number of aliphatic hydroxyl groups excluding tert-OH is 1. The van der Waals surface area contributed by atoms with Crippen LogP contribution in [0.3, 0.4) is 0 Å². The van der Waals surface area contributed by atoms with E-state index >= 15 is 0 Å². The van der Waals surface area contributed by atoms with Crippen molar-refractivity contribution in [1.29, 1.82) is 0 Å². The molecule has 0 unspecified atom stereocenters. The predicted octanol–water partition coefficient (Wildman–Crippen LogP) is 5.58. The van der Waals surface area contributed by atoms with Gasteiger partial charge in [-0.15, -0.1) is 0 Å². The molecule has 2 aromatic rings. The van der Waals surface area contributed by atoms with Crippen molar-refractivity contribution in [3.05, 3.63) is 59.2 Å². The Kier molecular flexibility index (Phi) is 7.40. The molecule has 5 nitrogen and oxygen atoms in total. The Morgan fingerprint density at radius 1 is 1.12 bits per heavy atom. The van der Waals surface area contributed by atoms with Crippen LogP contribution in [0.4, 0.5) is 0 Å². The van der Waals surface area contributed by atoms with Gasteiger partial charge in [-0.3, -0.25) is 0 Å². The number of ether oxygens (including phenoxy) is 2. The Balaban J connectivity index is 1.45. The third-order valence-corrected chi connectivity index (χ3v) is 10.8. The maximum Gasteiger partial charge on any atom is 0.250 e. The number of nitrogens with one attached hydrogen (secondary N) is 1. The van der Waals surface area contributed by atoms with E-state index in [1.165, 1.54) is 5.56 Å². The van der Waals surface area contributed by atoms with Crippen LogP contribution in [-0.2, 0) is 17.8 Å². The van der Waals surface area contributed by atoms with Gasteiger partial charge in [0.2, 0.25) is 14.1 Å². The van der Waals surface area contributed by atoms with Gasteiger partial charge >= 0.3 is 0 Å². The van der Waals surface area contributed by atoms with Crippen LogP contribution in [0.1, 0.15) is 57.4 Å². The average Bonchev–Trinajstić information content (AvgIpc) is 2.70. The van der Waals surface area contributed by atoms with Gasteiger partial charge < -0.3 is 24.3 Å². The second-order valence-corrected chi connectivity index (χ2v) is 15.4. The summed E-state index contributed by atoms with van der Waals surface area (Å²) in [5, 5.41) is 14.1. The van der Waals surface area contributed by atoms with Crippen molar-refractivity contribution in [2.75, 3.05) is 13.1 Å². The van der Waals surface area contributed by atoms with Gasteiger partial charge in [-0.05, 0) is 66.5 Å². The number of hydrogen-bond donors (Lipinski definition) is 2. The maximum atomic E-state index is 10.6. The second kappa shape index (κ2) is 9.55. The van der Waals surface area contributed by atoms with Crippen LogP contribution in [0.15, 0.2) is 42.5 Å². The lowest BCUT2D eigenvalue weighted by molar-refractivity contribution is -0.180. The van der Waals surface area contributed by atoms with E-state index in [0.29, 0.717) is 13.2 Å². The molecule has 2 aromatic carbocycles. The molecule has 0 amide bonds. The Morgan fingerprint density at radius 3 is 2.47 bits per heavy atom. The maximum absolute atomic E-state index is 10.6. The molecule has 0 spiro atoms. The fraction of sp³-hybridized carbons (Fsp3) is 0.538. The van der Waals surface area contributed by atoms with Crippen molar-refractivity contribution in [3.8, 4) is 11.5 Å². The van der Waals surface area contributed by atoms with Gasteiger partial charge in [0.25, 0.3) is 0 Å². The smallest absolute Gasteiger partial charge is 0.250 e. The molecule has 0 fully saturated rings. The van der Waals surface area contributed by atoms with Crippen molar-refractivity contribution in [2.45, 2.75) is 77.7 Å². The summed E-state index contributed by atoms with van der Waals surface area (Å²) in [6.45, 7) is 16.9. The minimum Gasteiger partial charge on any atom is -0.544 e. The van der Waals surface area contributed by atoms with Crippen molar-refractivity contribution in [3.63, 3.8) is 0 Å². The minimum absolute atomic E-state index is 0.186. The molecule has 2 N–H and O–H groups in total. The normalized spacial score (nSPS) is 16.8. The van der Waals surface area contributed by atoms with Gasteiger partial charge in [0.05, 0.1) is 12.7 Å². The van der Waals surface area contributed by atoms with E-state index in [1.807, 2.05) is 32.0 Å². The highest BCUT2D eigenvalue weighted by Gasteiger charge is 2.38. The lowest BCUT2D eigenvalue weighted by Gasteiger charge is -2.36. The summed E-state index contributed by atoms with van der Waals surface area (Å²) in [6.07, 6.45) is 0.323. The molecule has 0 bridgehead atoms. The molecule has 0 aromatic heterocycles. The first-order valence-electron chi connectivity index (χ1n) is 11.5. The first-order valence-corrected chi connectivity index (χ1v) is 14.4. The zero-order valence-corrected chi connectivity index (χ0v) is 21.6. The predicted molar refractivity (Wildman–Crippen MR) is 132 cm³/mol. The van der Waals surface area contributed by atoms with Crippen LogP contribution in [0.25, 0.3) is 0 Å². The molecule has 0 saturated heterocycles.